The van der Waals surface area contributed by atoms with Crippen molar-refractivity contribution in [3.05, 3.63) is 123 Å². The number of hydrogen-bond donors (Lipinski definition) is 1. The molecule has 10 nitrogen and oxygen atoms in total. The fraction of sp³-hybridized carbons (Fsp3) is 0.0741. The molecular formula is C27H19N3O7S2. The van der Waals surface area contributed by atoms with Gasteiger partial charge in [-0.05, 0) is 24.6 Å². The number of anilines is 1. The lowest BCUT2D eigenvalue weighted by atomic mass is 9.92. The lowest BCUT2D eigenvalue weighted by Gasteiger charge is -2.24. The first kappa shape index (κ1) is 25.9. The number of rotatable bonds is 7. The molecule has 0 saturated carbocycles. The van der Waals surface area contributed by atoms with Crippen molar-refractivity contribution in [2.75, 3.05) is 4.90 Å². The van der Waals surface area contributed by atoms with Crippen molar-refractivity contribution in [3.63, 3.8) is 0 Å². The number of Topliss-reactive ketones (excluding diaryl/α,β-unsaturated/α-hetero) is 1. The summed E-state index contributed by atoms with van der Waals surface area (Å²) >= 11 is 0.681. The van der Waals surface area contributed by atoms with Crippen LogP contribution in [-0.2, 0) is 14.6 Å². The fourth-order valence-corrected chi connectivity index (χ4v) is 6.74. The minimum atomic E-state index is -4.13. The highest BCUT2D eigenvalue weighted by Gasteiger charge is 2.46. The number of ketones is 1. The predicted octanol–water partition coefficient (Wildman–Crippen LogP) is 4.98. The number of aryl methyl sites for hydroxylation is 1. The number of amides is 1. The SMILES string of the molecule is Cc1ccc(C(=O)C2=C(O)C(=O)N(c3ncc(S(=O)(=O)c4ccc([N+](=O)[O-])cc4)s3)C2c2ccccc2)cc1. The van der Waals surface area contributed by atoms with Gasteiger partial charge in [-0.1, -0.05) is 71.5 Å². The smallest absolute Gasteiger partial charge is 0.296 e. The quantitative estimate of drug-likeness (QED) is 0.189. The summed E-state index contributed by atoms with van der Waals surface area (Å²) in [5.74, 6) is -2.19. The van der Waals surface area contributed by atoms with Crippen LogP contribution in [0.2, 0.25) is 0 Å². The topological polar surface area (TPSA) is 148 Å². The van der Waals surface area contributed by atoms with Gasteiger partial charge in [-0.15, -0.1) is 0 Å². The zero-order chi connectivity index (χ0) is 27.9. The van der Waals surface area contributed by atoms with E-state index in [9.17, 15) is 33.2 Å². The van der Waals surface area contributed by atoms with E-state index in [2.05, 4.69) is 4.98 Å². The molecule has 1 atom stereocenters. The fourth-order valence-electron chi connectivity index (χ4n) is 4.20. The number of non-ortho nitro benzene ring substituents is 1. The molecule has 3 aromatic carbocycles. The molecule has 1 aliphatic heterocycles. The van der Waals surface area contributed by atoms with Gasteiger partial charge in [0.15, 0.2) is 16.7 Å². The zero-order valence-electron chi connectivity index (χ0n) is 20.2. The van der Waals surface area contributed by atoms with Gasteiger partial charge >= 0.3 is 0 Å². The highest BCUT2D eigenvalue weighted by atomic mass is 32.2. The van der Waals surface area contributed by atoms with Crippen LogP contribution in [0.5, 0.6) is 0 Å². The molecule has 0 aliphatic carbocycles. The van der Waals surface area contributed by atoms with Crippen LogP contribution in [0.4, 0.5) is 10.8 Å². The predicted molar refractivity (Wildman–Crippen MR) is 142 cm³/mol. The molecule has 2 heterocycles. The van der Waals surface area contributed by atoms with E-state index in [0.717, 1.165) is 40.9 Å². The van der Waals surface area contributed by atoms with Crippen molar-refractivity contribution >= 4 is 43.7 Å². The molecule has 0 radical (unpaired) electrons. The van der Waals surface area contributed by atoms with Crippen LogP contribution in [0.25, 0.3) is 0 Å². The van der Waals surface area contributed by atoms with Crippen LogP contribution in [0.15, 0.2) is 105 Å². The summed E-state index contributed by atoms with van der Waals surface area (Å²) in [4.78, 5) is 42.2. The van der Waals surface area contributed by atoms with Gasteiger partial charge in [0.1, 0.15) is 4.21 Å². The van der Waals surface area contributed by atoms with Crippen LogP contribution in [0.3, 0.4) is 0 Å². The molecule has 1 unspecified atom stereocenters. The van der Waals surface area contributed by atoms with E-state index in [1.54, 1.807) is 54.6 Å². The number of sulfone groups is 1. The van der Waals surface area contributed by atoms with Crippen molar-refractivity contribution in [1.29, 1.82) is 0 Å². The number of thiazole rings is 1. The molecule has 4 aromatic rings. The van der Waals surface area contributed by atoms with E-state index in [-0.39, 0.29) is 31.1 Å². The Kier molecular flexibility index (Phi) is 6.58. The molecule has 39 heavy (non-hydrogen) atoms. The Morgan fingerprint density at radius 3 is 2.28 bits per heavy atom. The molecule has 0 bridgehead atoms. The molecule has 196 valence electrons. The Labute approximate surface area is 226 Å². The maximum Gasteiger partial charge on any atom is 0.296 e. The number of hydrogen-bond acceptors (Lipinski definition) is 9. The van der Waals surface area contributed by atoms with Gasteiger partial charge in [-0.2, -0.15) is 0 Å². The summed E-state index contributed by atoms with van der Waals surface area (Å²) in [5, 5.41) is 21.8. The van der Waals surface area contributed by atoms with Crippen LogP contribution >= 0.6 is 11.3 Å². The molecule has 0 fully saturated rings. The van der Waals surface area contributed by atoms with Gasteiger partial charge in [-0.3, -0.25) is 24.6 Å². The normalized spacial score (nSPS) is 15.6. The third-order valence-electron chi connectivity index (χ3n) is 6.18. The van der Waals surface area contributed by atoms with Crippen molar-refractivity contribution in [1.82, 2.24) is 4.98 Å². The number of carbonyl (C=O) groups excluding carboxylic acids is 2. The lowest BCUT2D eigenvalue weighted by molar-refractivity contribution is -0.384. The average molecular weight is 562 g/mol. The molecule has 1 amide bonds. The number of nitro groups is 1. The Morgan fingerprint density at radius 1 is 1.03 bits per heavy atom. The van der Waals surface area contributed by atoms with Crippen LogP contribution in [0, 0.1) is 17.0 Å². The van der Waals surface area contributed by atoms with E-state index >= 15 is 0 Å². The summed E-state index contributed by atoms with van der Waals surface area (Å²) in [6, 6.07) is 18.6. The monoisotopic (exact) mass is 561 g/mol. The van der Waals surface area contributed by atoms with E-state index in [0.29, 0.717) is 16.9 Å². The largest absolute Gasteiger partial charge is 0.503 e. The second-order valence-corrected chi connectivity index (χ2v) is 11.8. The molecular weight excluding hydrogens is 542 g/mol. The first-order valence-electron chi connectivity index (χ1n) is 11.5. The Balaban J connectivity index is 1.56. The maximum absolute atomic E-state index is 13.5. The van der Waals surface area contributed by atoms with Crippen molar-refractivity contribution < 1.29 is 28.0 Å². The van der Waals surface area contributed by atoms with Crippen LogP contribution in [0.1, 0.15) is 27.5 Å². The first-order chi connectivity index (χ1) is 18.6. The first-order valence-corrected chi connectivity index (χ1v) is 13.8. The van der Waals surface area contributed by atoms with Crippen molar-refractivity contribution in [3.8, 4) is 0 Å². The summed E-state index contributed by atoms with van der Waals surface area (Å²) in [5.41, 5.74) is 1.31. The number of nitro benzene ring substituents is 1. The Bertz CT molecular complexity index is 1750. The van der Waals surface area contributed by atoms with Crippen LogP contribution in [-0.4, -0.2) is 35.1 Å². The number of benzene rings is 3. The molecule has 0 spiro atoms. The van der Waals surface area contributed by atoms with Gasteiger partial charge in [-0.25, -0.2) is 13.4 Å². The van der Waals surface area contributed by atoms with Gasteiger partial charge < -0.3 is 5.11 Å². The van der Waals surface area contributed by atoms with E-state index < -0.39 is 38.3 Å². The van der Waals surface area contributed by atoms with Crippen molar-refractivity contribution in [2.45, 2.75) is 22.1 Å². The summed E-state index contributed by atoms with van der Waals surface area (Å²) in [6.07, 6.45) is 1.07. The molecule has 12 heteroatoms. The lowest BCUT2D eigenvalue weighted by Crippen LogP contribution is -2.30. The highest BCUT2D eigenvalue weighted by Crippen LogP contribution is 2.44. The highest BCUT2D eigenvalue weighted by molar-refractivity contribution is 7.93. The van der Waals surface area contributed by atoms with Gasteiger partial charge in [0.25, 0.3) is 11.6 Å². The summed E-state index contributed by atoms with van der Waals surface area (Å²) in [7, 11) is -4.13. The molecule has 1 N–H and O–H groups in total. The van der Waals surface area contributed by atoms with E-state index in [1.165, 1.54) is 0 Å². The standard InChI is InChI=1S/C27H19N3O7S2/c1-16-7-9-18(10-8-16)24(31)22-23(17-5-3-2-4-6-17)29(26(33)25(22)32)27-28-15-21(38-27)39(36,37)20-13-11-19(12-14-20)30(34)35/h2-15,23,32H,1H3. The number of aliphatic hydroxyl groups is 1. The van der Waals surface area contributed by atoms with Gasteiger partial charge in [0, 0.05) is 17.7 Å². The summed E-state index contributed by atoms with van der Waals surface area (Å²) < 4.78 is 26.2. The number of aromatic nitrogens is 1. The third-order valence-corrected chi connectivity index (χ3v) is 9.41. The Hall–Kier alpha value is -4.68. The molecule has 1 aromatic heterocycles. The maximum atomic E-state index is 13.5. The van der Waals surface area contributed by atoms with Gasteiger partial charge in [0.2, 0.25) is 9.84 Å². The minimum absolute atomic E-state index is 0.0485. The number of aliphatic hydroxyl groups excluding tert-OH is 1. The zero-order valence-corrected chi connectivity index (χ0v) is 21.8. The average Bonchev–Trinajstić information content (AvgIpc) is 3.53. The van der Waals surface area contributed by atoms with Crippen LogP contribution < -0.4 is 4.90 Å². The second-order valence-electron chi connectivity index (χ2n) is 8.66. The molecule has 0 saturated heterocycles. The molecule has 5 rings (SSSR count). The van der Waals surface area contributed by atoms with E-state index in [1.807, 2.05) is 6.92 Å². The molecule has 1 aliphatic rings. The number of carbonyl (C=O) groups is 2. The number of nitrogens with zero attached hydrogens (tertiary/aromatic N) is 3. The van der Waals surface area contributed by atoms with E-state index in [4.69, 9.17) is 0 Å². The van der Waals surface area contributed by atoms with Gasteiger partial charge in [0.05, 0.1) is 27.6 Å². The summed E-state index contributed by atoms with van der Waals surface area (Å²) in [6.45, 7) is 1.86. The third kappa shape index (κ3) is 4.60. The van der Waals surface area contributed by atoms with Crippen molar-refractivity contribution in [2.24, 2.45) is 0 Å². The minimum Gasteiger partial charge on any atom is -0.503 e. The Morgan fingerprint density at radius 2 is 1.67 bits per heavy atom. The second kappa shape index (κ2) is 9.89.